The van der Waals surface area contributed by atoms with Crippen LogP contribution in [0, 0.1) is 19.8 Å². The molecule has 5 heteroatoms. The van der Waals surface area contributed by atoms with E-state index in [0.717, 1.165) is 29.8 Å². The van der Waals surface area contributed by atoms with E-state index in [1.54, 1.807) is 17.7 Å². The molecule has 104 valence electrons. The summed E-state index contributed by atoms with van der Waals surface area (Å²) < 4.78 is 1.64. The maximum absolute atomic E-state index is 12.0. The molecule has 1 fully saturated rings. The lowest BCUT2D eigenvalue weighted by Gasteiger charge is -2.31. The third-order valence-corrected chi connectivity index (χ3v) is 4.34. The van der Waals surface area contributed by atoms with Gasteiger partial charge in [0.25, 0.3) is 5.56 Å². The fraction of sp³-hybridized carbons (Fsp3) is 0.571. The Balaban J connectivity index is 2.51. The van der Waals surface area contributed by atoms with Gasteiger partial charge in [-0.3, -0.25) is 9.59 Å². The van der Waals surface area contributed by atoms with Gasteiger partial charge in [0.2, 0.25) is 5.91 Å². The van der Waals surface area contributed by atoms with Gasteiger partial charge in [0.15, 0.2) is 0 Å². The van der Waals surface area contributed by atoms with Crippen molar-refractivity contribution < 1.29 is 4.79 Å². The summed E-state index contributed by atoms with van der Waals surface area (Å²) in [6.07, 6.45) is 0.834. The monoisotopic (exact) mass is 263 g/mol. The number of hydrogen-bond acceptors (Lipinski definition) is 3. The maximum Gasteiger partial charge on any atom is 0.250 e. The number of carbonyl (C=O) groups is 1. The number of hydrogen-bond donors (Lipinski definition) is 2. The molecule has 0 bridgehead atoms. The normalized spacial score (nSPS) is 23.3. The maximum atomic E-state index is 12.0. The van der Waals surface area contributed by atoms with E-state index in [9.17, 15) is 9.59 Å². The molecule has 1 saturated heterocycles. The SMILES string of the molecule is Cc1c(C2CCNCC2C(N)=O)cc(=O)n(C)c1C. The van der Waals surface area contributed by atoms with Gasteiger partial charge in [0.05, 0.1) is 5.92 Å². The van der Waals surface area contributed by atoms with Gasteiger partial charge in [-0.2, -0.15) is 0 Å². The zero-order chi connectivity index (χ0) is 14.2. The molecule has 1 amide bonds. The van der Waals surface area contributed by atoms with E-state index < -0.39 is 0 Å². The Morgan fingerprint density at radius 3 is 2.79 bits per heavy atom. The molecule has 5 nitrogen and oxygen atoms in total. The van der Waals surface area contributed by atoms with E-state index in [2.05, 4.69) is 5.32 Å². The van der Waals surface area contributed by atoms with E-state index in [-0.39, 0.29) is 23.3 Å². The first kappa shape index (κ1) is 13.8. The fourth-order valence-electron chi connectivity index (χ4n) is 2.88. The number of rotatable bonds is 2. The Hall–Kier alpha value is -1.62. The summed E-state index contributed by atoms with van der Waals surface area (Å²) in [4.78, 5) is 23.5. The summed E-state index contributed by atoms with van der Waals surface area (Å²) in [6.45, 7) is 5.38. The number of pyridine rings is 1. The highest BCUT2D eigenvalue weighted by atomic mass is 16.1. The molecule has 0 aromatic carbocycles. The second-order valence-electron chi connectivity index (χ2n) is 5.32. The largest absolute Gasteiger partial charge is 0.369 e. The van der Waals surface area contributed by atoms with Crippen LogP contribution in [0.5, 0.6) is 0 Å². The first-order valence-electron chi connectivity index (χ1n) is 6.60. The van der Waals surface area contributed by atoms with Crippen LogP contribution in [-0.2, 0) is 11.8 Å². The molecule has 1 aliphatic rings. The van der Waals surface area contributed by atoms with Crippen molar-refractivity contribution >= 4 is 5.91 Å². The second-order valence-corrected chi connectivity index (χ2v) is 5.32. The molecular formula is C14H21N3O2. The standard InChI is InChI=1S/C14H21N3O2/c1-8-9(2)17(3)13(18)6-11(8)10-4-5-16-7-12(10)14(15)19/h6,10,12,16H,4-5,7H2,1-3H3,(H2,15,19). The molecule has 1 aliphatic heterocycles. The average Bonchev–Trinajstić information content (AvgIpc) is 2.40. The van der Waals surface area contributed by atoms with Crippen LogP contribution < -0.4 is 16.6 Å². The molecule has 0 aliphatic carbocycles. The molecule has 3 N–H and O–H groups in total. The smallest absolute Gasteiger partial charge is 0.250 e. The van der Waals surface area contributed by atoms with Gasteiger partial charge in [-0.1, -0.05) is 0 Å². The van der Waals surface area contributed by atoms with Crippen molar-refractivity contribution in [1.82, 2.24) is 9.88 Å². The van der Waals surface area contributed by atoms with Gasteiger partial charge in [-0.25, -0.2) is 0 Å². The van der Waals surface area contributed by atoms with Crippen LogP contribution in [0.25, 0.3) is 0 Å². The first-order chi connectivity index (χ1) is 8.93. The highest BCUT2D eigenvalue weighted by molar-refractivity contribution is 5.78. The number of amides is 1. The van der Waals surface area contributed by atoms with Crippen molar-refractivity contribution in [2.75, 3.05) is 13.1 Å². The van der Waals surface area contributed by atoms with Gasteiger partial charge < -0.3 is 15.6 Å². The van der Waals surface area contributed by atoms with Crippen LogP contribution in [0.15, 0.2) is 10.9 Å². The lowest BCUT2D eigenvalue weighted by molar-refractivity contribution is -0.122. The number of primary amides is 1. The molecular weight excluding hydrogens is 242 g/mol. The molecule has 0 radical (unpaired) electrons. The highest BCUT2D eigenvalue weighted by Crippen LogP contribution is 2.32. The predicted molar refractivity (Wildman–Crippen MR) is 74.1 cm³/mol. The summed E-state index contributed by atoms with van der Waals surface area (Å²) >= 11 is 0. The predicted octanol–water partition coefficient (Wildman–Crippen LogP) is 0.181. The van der Waals surface area contributed by atoms with Crippen molar-refractivity contribution in [3.05, 3.63) is 33.2 Å². The molecule has 2 atom stereocenters. The Morgan fingerprint density at radius 1 is 1.47 bits per heavy atom. The lowest BCUT2D eigenvalue weighted by Crippen LogP contribution is -2.43. The molecule has 2 unspecified atom stereocenters. The van der Waals surface area contributed by atoms with Crippen molar-refractivity contribution in [3.8, 4) is 0 Å². The van der Waals surface area contributed by atoms with Crippen LogP contribution in [0.1, 0.15) is 29.2 Å². The highest BCUT2D eigenvalue weighted by Gasteiger charge is 2.32. The average molecular weight is 263 g/mol. The summed E-state index contributed by atoms with van der Waals surface area (Å²) in [7, 11) is 1.77. The van der Waals surface area contributed by atoms with Crippen LogP contribution >= 0.6 is 0 Å². The molecule has 1 aromatic rings. The summed E-state index contributed by atoms with van der Waals surface area (Å²) in [5, 5.41) is 3.19. The van der Waals surface area contributed by atoms with E-state index in [1.807, 2.05) is 13.8 Å². The van der Waals surface area contributed by atoms with Crippen molar-refractivity contribution in [2.24, 2.45) is 18.7 Å². The topological polar surface area (TPSA) is 77.1 Å². The number of nitrogens with one attached hydrogen (secondary N) is 1. The summed E-state index contributed by atoms with van der Waals surface area (Å²) in [5.41, 5.74) is 8.47. The van der Waals surface area contributed by atoms with Gasteiger partial charge in [-0.15, -0.1) is 0 Å². The number of piperidine rings is 1. The van der Waals surface area contributed by atoms with Crippen molar-refractivity contribution in [2.45, 2.75) is 26.2 Å². The minimum Gasteiger partial charge on any atom is -0.369 e. The van der Waals surface area contributed by atoms with Gasteiger partial charge in [0.1, 0.15) is 0 Å². The molecule has 2 heterocycles. The van der Waals surface area contributed by atoms with Crippen molar-refractivity contribution in [3.63, 3.8) is 0 Å². The number of carbonyl (C=O) groups excluding carboxylic acids is 1. The lowest BCUT2D eigenvalue weighted by atomic mass is 9.79. The van der Waals surface area contributed by atoms with Gasteiger partial charge in [0, 0.05) is 25.4 Å². The minimum atomic E-state index is -0.296. The summed E-state index contributed by atoms with van der Waals surface area (Å²) in [5.74, 6) is -0.486. The van der Waals surface area contributed by atoms with Crippen LogP contribution in [0.4, 0.5) is 0 Å². The minimum absolute atomic E-state index is 0.0279. The molecule has 2 rings (SSSR count). The first-order valence-corrected chi connectivity index (χ1v) is 6.60. The fourth-order valence-corrected chi connectivity index (χ4v) is 2.88. The van der Waals surface area contributed by atoms with Gasteiger partial charge in [-0.05, 0) is 43.9 Å². The number of nitrogens with two attached hydrogens (primary N) is 1. The molecule has 1 aromatic heterocycles. The summed E-state index contributed by atoms with van der Waals surface area (Å²) in [6, 6.07) is 1.66. The van der Waals surface area contributed by atoms with Crippen molar-refractivity contribution in [1.29, 1.82) is 0 Å². The second kappa shape index (κ2) is 5.17. The van der Waals surface area contributed by atoms with E-state index in [0.29, 0.717) is 6.54 Å². The Labute approximate surface area is 112 Å². The Bertz CT molecular complexity index is 563. The Kier molecular flexibility index (Phi) is 3.75. The number of nitrogens with zero attached hydrogens (tertiary/aromatic N) is 1. The van der Waals surface area contributed by atoms with Crippen LogP contribution in [-0.4, -0.2) is 23.6 Å². The number of aromatic nitrogens is 1. The van der Waals surface area contributed by atoms with Crippen LogP contribution in [0.3, 0.4) is 0 Å². The third-order valence-electron chi connectivity index (χ3n) is 4.34. The van der Waals surface area contributed by atoms with E-state index in [1.165, 1.54) is 0 Å². The van der Waals surface area contributed by atoms with E-state index in [4.69, 9.17) is 5.73 Å². The molecule has 0 saturated carbocycles. The molecule has 0 spiro atoms. The zero-order valence-electron chi connectivity index (χ0n) is 11.7. The van der Waals surface area contributed by atoms with E-state index >= 15 is 0 Å². The van der Waals surface area contributed by atoms with Crippen LogP contribution in [0.2, 0.25) is 0 Å². The molecule has 19 heavy (non-hydrogen) atoms. The quantitative estimate of drug-likeness (QED) is 0.799. The van der Waals surface area contributed by atoms with Gasteiger partial charge >= 0.3 is 0 Å². The zero-order valence-corrected chi connectivity index (χ0v) is 11.7. The Morgan fingerprint density at radius 2 is 2.16 bits per heavy atom. The third kappa shape index (κ3) is 2.42.